The van der Waals surface area contributed by atoms with Crippen molar-refractivity contribution in [2.75, 3.05) is 0 Å². The van der Waals surface area contributed by atoms with Crippen molar-refractivity contribution >= 4 is 21.9 Å². The molecule has 0 saturated carbocycles. The maximum atomic E-state index is 10.5. The summed E-state index contributed by atoms with van der Waals surface area (Å²) in [6.07, 6.45) is 0. The van der Waals surface area contributed by atoms with Gasteiger partial charge < -0.3 is 9.84 Å². The van der Waals surface area contributed by atoms with Gasteiger partial charge in [0.15, 0.2) is 11.5 Å². The second kappa shape index (κ2) is 3.58. The molecule has 0 saturated heterocycles. The number of halogens is 1. The molecule has 0 aliphatic carbocycles. The summed E-state index contributed by atoms with van der Waals surface area (Å²) in [4.78, 5) is 10.5. The number of carbonyl (C=O) groups excluding carboxylic acids is 1. The first-order chi connectivity index (χ1) is 5.61. The summed E-state index contributed by atoms with van der Waals surface area (Å²) in [5.74, 6) is -0.354. The molecule has 0 aromatic heterocycles. The third-order valence-corrected chi connectivity index (χ3v) is 1.84. The number of benzene rings is 1. The quantitative estimate of drug-likeness (QED) is 0.594. The van der Waals surface area contributed by atoms with E-state index in [0.29, 0.717) is 4.47 Å². The number of rotatable bonds is 1. The number of hydrogen-bond donors (Lipinski definition) is 1. The summed E-state index contributed by atoms with van der Waals surface area (Å²) >= 11 is 3.09. The molecule has 0 aliphatic rings. The highest BCUT2D eigenvalue weighted by molar-refractivity contribution is 9.10. The monoisotopic (exact) mass is 230 g/mol. The van der Waals surface area contributed by atoms with E-state index in [1.54, 1.807) is 12.1 Å². The van der Waals surface area contributed by atoms with Crippen LogP contribution in [-0.4, -0.2) is 11.1 Å². The van der Waals surface area contributed by atoms with Gasteiger partial charge in [-0.2, -0.15) is 0 Å². The Balaban J connectivity index is 3.00. The minimum atomic E-state index is -0.455. The predicted octanol–water partition coefficient (Wildman–Crippen LogP) is 2.08. The number of hydrogen-bond acceptors (Lipinski definition) is 3. The van der Waals surface area contributed by atoms with Crippen molar-refractivity contribution in [3.8, 4) is 11.5 Å². The molecule has 0 amide bonds. The summed E-state index contributed by atoms with van der Waals surface area (Å²) < 4.78 is 5.21. The van der Waals surface area contributed by atoms with Crippen molar-refractivity contribution in [3.05, 3.63) is 22.7 Å². The second-order valence-corrected chi connectivity index (χ2v) is 3.03. The van der Waals surface area contributed by atoms with E-state index in [1.165, 1.54) is 13.0 Å². The Kier molecular flexibility index (Phi) is 2.70. The number of carbonyl (C=O) groups is 1. The van der Waals surface area contributed by atoms with E-state index in [1.807, 2.05) is 0 Å². The van der Waals surface area contributed by atoms with Crippen LogP contribution in [0.5, 0.6) is 11.5 Å². The van der Waals surface area contributed by atoms with Gasteiger partial charge in [0.25, 0.3) is 0 Å². The molecule has 0 atom stereocenters. The first-order valence-corrected chi connectivity index (χ1v) is 4.06. The number of para-hydroxylation sites is 1. The van der Waals surface area contributed by atoms with E-state index in [9.17, 15) is 9.90 Å². The van der Waals surface area contributed by atoms with Gasteiger partial charge in [0.2, 0.25) is 0 Å². The molecule has 0 bridgehead atoms. The van der Waals surface area contributed by atoms with E-state index >= 15 is 0 Å². The molecule has 3 nitrogen and oxygen atoms in total. The fourth-order valence-corrected chi connectivity index (χ4v) is 1.08. The van der Waals surface area contributed by atoms with Gasteiger partial charge in [0.1, 0.15) is 0 Å². The SMILES string of the molecule is CC(=O)Oc1cccc(Br)c1O. The Hall–Kier alpha value is -1.03. The standard InChI is InChI=1S/C8H7BrO3/c1-5(10)12-7-4-2-3-6(9)8(7)11/h2-4,11H,1H3. The molecular weight excluding hydrogens is 224 g/mol. The normalized spacial score (nSPS) is 9.50. The second-order valence-electron chi connectivity index (χ2n) is 2.18. The van der Waals surface area contributed by atoms with Gasteiger partial charge in [0, 0.05) is 6.92 Å². The molecule has 0 radical (unpaired) electrons. The Bertz CT molecular complexity index is 309. The molecule has 0 spiro atoms. The third kappa shape index (κ3) is 1.98. The molecule has 0 aliphatic heterocycles. The van der Waals surface area contributed by atoms with Gasteiger partial charge in [-0.15, -0.1) is 0 Å². The summed E-state index contributed by atoms with van der Waals surface area (Å²) in [6, 6.07) is 4.84. The molecule has 1 aromatic carbocycles. The summed E-state index contributed by atoms with van der Waals surface area (Å²) in [5, 5.41) is 9.32. The van der Waals surface area contributed by atoms with Crippen molar-refractivity contribution in [2.24, 2.45) is 0 Å². The highest BCUT2D eigenvalue weighted by Crippen LogP contribution is 2.33. The largest absolute Gasteiger partial charge is 0.503 e. The minimum Gasteiger partial charge on any atom is -0.503 e. The van der Waals surface area contributed by atoms with Crippen LogP contribution in [0.2, 0.25) is 0 Å². The van der Waals surface area contributed by atoms with Crippen LogP contribution in [0.4, 0.5) is 0 Å². The molecular formula is C8H7BrO3. The van der Waals surface area contributed by atoms with Crippen molar-refractivity contribution in [1.29, 1.82) is 0 Å². The number of ether oxygens (including phenoxy) is 1. The van der Waals surface area contributed by atoms with Crippen molar-refractivity contribution in [1.82, 2.24) is 0 Å². The lowest BCUT2D eigenvalue weighted by Gasteiger charge is -2.04. The van der Waals surface area contributed by atoms with E-state index in [-0.39, 0.29) is 11.5 Å². The van der Waals surface area contributed by atoms with Gasteiger partial charge in [-0.3, -0.25) is 4.79 Å². The lowest BCUT2D eigenvalue weighted by atomic mass is 10.3. The number of phenols is 1. The van der Waals surface area contributed by atoms with E-state index in [0.717, 1.165) is 0 Å². The molecule has 0 heterocycles. The van der Waals surface area contributed by atoms with Gasteiger partial charge >= 0.3 is 5.97 Å². The van der Waals surface area contributed by atoms with E-state index < -0.39 is 5.97 Å². The minimum absolute atomic E-state index is 0.0623. The van der Waals surface area contributed by atoms with Crippen LogP contribution >= 0.6 is 15.9 Å². The lowest BCUT2D eigenvalue weighted by molar-refractivity contribution is -0.132. The van der Waals surface area contributed by atoms with Crippen molar-refractivity contribution in [2.45, 2.75) is 6.92 Å². The summed E-state index contributed by atoms with van der Waals surface area (Å²) in [6.45, 7) is 1.28. The van der Waals surface area contributed by atoms with Crippen LogP contribution in [0.3, 0.4) is 0 Å². The highest BCUT2D eigenvalue weighted by atomic mass is 79.9. The number of phenolic OH excluding ortho intramolecular Hbond substituents is 1. The average molecular weight is 231 g/mol. The zero-order chi connectivity index (χ0) is 9.14. The lowest BCUT2D eigenvalue weighted by Crippen LogP contribution is -2.01. The van der Waals surface area contributed by atoms with Gasteiger partial charge in [-0.1, -0.05) is 6.07 Å². The van der Waals surface area contributed by atoms with E-state index in [4.69, 9.17) is 4.74 Å². The fourth-order valence-electron chi connectivity index (χ4n) is 0.733. The zero-order valence-corrected chi connectivity index (χ0v) is 7.96. The Morgan fingerprint density at radius 1 is 1.58 bits per heavy atom. The Morgan fingerprint density at radius 2 is 2.25 bits per heavy atom. The molecule has 0 fully saturated rings. The third-order valence-electron chi connectivity index (χ3n) is 1.20. The van der Waals surface area contributed by atoms with Crippen LogP contribution in [0.15, 0.2) is 22.7 Å². The summed E-state index contributed by atoms with van der Waals surface area (Å²) in [7, 11) is 0. The van der Waals surface area contributed by atoms with Crippen LogP contribution in [0.1, 0.15) is 6.92 Å². The van der Waals surface area contributed by atoms with Crippen LogP contribution in [0.25, 0.3) is 0 Å². The zero-order valence-electron chi connectivity index (χ0n) is 6.37. The van der Waals surface area contributed by atoms with Gasteiger partial charge in [0.05, 0.1) is 4.47 Å². The van der Waals surface area contributed by atoms with Gasteiger partial charge in [-0.25, -0.2) is 0 Å². The molecule has 1 N–H and O–H groups in total. The van der Waals surface area contributed by atoms with Crippen molar-refractivity contribution in [3.63, 3.8) is 0 Å². The van der Waals surface area contributed by atoms with Crippen LogP contribution in [-0.2, 0) is 4.79 Å². The molecule has 64 valence electrons. The average Bonchev–Trinajstić information content (AvgIpc) is 1.98. The smallest absolute Gasteiger partial charge is 0.308 e. The molecule has 1 rings (SSSR count). The van der Waals surface area contributed by atoms with E-state index in [2.05, 4.69) is 15.9 Å². The Labute approximate surface area is 78.1 Å². The van der Waals surface area contributed by atoms with Crippen LogP contribution < -0.4 is 4.74 Å². The molecule has 4 heteroatoms. The van der Waals surface area contributed by atoms with Crippen molar-refractivity contribution < 1.29 is 14.6 Å². The number of esters is 1. The maximum Gasteiger partial charge on any atom is 0.308 e. The van der Waals surface area contributed by atoms with Gasteiger partial charge in [-0.05, 0) is 28.1 Å². The first-order valence-electron chi connectivity index (χ1n) is 3.27. The Morgan fingerprint density at radius 3 is 2.83 bits per heavy atom. The van der Waals surface area contributed by atoms with Crippen LogP contribution in [0, 0.1) is 0 Å². The summed E-state index contributed by atoms with van der Waals surface area (Å²) in [5.41, 5.74) is 0. The fraction of sp³-hybridized carbons (Fsp3) is 0.125. The molecule has 12 heavy (non-hydrogen) atoms. The topological polar surface area (TPSA) is 46.5 Å². The number of aromatic hydroxyl groups is 1. The molecule has 0 unspecified atom stereocenters. The highest BCUT2D eigenvalue weighted by Gasteiger charge is 2.06. The maximum absolute atomic E-state index is 10.5. The first kappa shape index (κ1) is 9.06. The predicted molar refractivity (Wildman–Crippen MR) is 47.1 cm³/mol. The molecule has 1 aromatic rings.